The summed E-state index contributed by atoms with van der Waals surface area (Å²) in [5, 5.41) is 2.71. The fourth-order valence-corrected chi connectivity index (χ4v) is 3.07. The molecule has 0 radical (unpaired) electrons. The standard InChI is InChI=1S/C17H19N3O4S/c1-20(2)25(23,24)14-9-7-12(8-10-14)17(22)19-15-6-4-3-5-13(15)11-16(18)21/h3-10H,11H2,1-2H3,(H2,18,21)(H,19,22). The van der Waals surface area contributed by atoms with E-state index in [0.717, 1.165) is 4.31 Å². The third-order valence-corrected chi connectivity index (χ3v) is 5.35. The van der Waals surface area contributed by atoms with E-state index >= 15 is 0 Å². The molecule has 0 saturated carbocycles. The number of nitrogens with one attached hydrogen (secondary N) is 1. The molecule has 132 valence electrons. The van der Waals surface area contributed by atoms with Gasteiger partial charge in [-0.25, -0.2) is 12.7 Å². The van der Waals surface area contributed by atoms with Crippen LogP contribution in [0.2, 0.25) is 0 Å². The van der Waals surface area contributed by atoms with Crippen LogP contribution in [0.25, 0.3) is 0 Å². The number of primary amides is 1. The molecule has 0 aliphatic carbocycles. The van der Waals surface area contributed by atoms with Crippen molar-refractivity contribution < 1.29 is 18.0 Å². The van der Waals surface area contributed by atoms with Crippen LogP contribution in [0.15, 0.2) is 53.4 Å². The fourth-order valence-electron chi connectivity index (χ4n) is 2.17. The van der Waals surface area contributed by atoms with Gasteiger partial charge in [-0.3, -0.25) is 9.59 Å². The summed E-state index contributed by atoms with van der Waals surface area (Å²) >= 11 is 0. The fraction of sp³-hybridized carbons (Fsp3) is 0.176. The normalized spacial score (nSPS) is 11.3. The van der Waals surface area contributed by atoms with Gasteiger partial charge in [0.15, 0.2) is 0 Å². The summed E-state index contributed by atoms with van der Waals surface area (Å²) < 4.78 is 25.2. The second-order valence-corrected chi connectivity index (χ2v) is 7.72. The number of rotatable bonds is 6. The van der Waals surface area contributed by atoms with Gasteiger partial charge in [0.25, 0.3) is 5.91 Å². The van der Waals surface area contributed by atoms with Crippen LogP contribution in [0.5, 0.6) is 0 Å². The van der Waals surface area contributed by atoms with Crippen molar-refractivity contribution in [3.05, 3.63) is 59.7 Å². The van der Waals surface area contributed by atoms with Crippen molar-refractivity contribution in [1.29, 1.82) is 0 Å². The molecule has 25 heavy (non-hydrogen) atoms. The van der Waals surface area contributed by atoms with Gasteiger partial charge in [0, 0.05) is 25.3 Å². The summed E-state index contributed by atoms with van der Waals surface area (Å²) in [7, 11) is -0.676. The zero-order chi connectivity index (χ0) is 18.6. The van der Waals surface area contributed by atoms with Gasteiger partial charge in [-0.15, -0.1) is 0 Å². The summed E-state index contributed by atoms with van der Waals surface area (Å²) in [5.41, 5.74) is 6.59. The van der Waals surface area contributed by atoms with Gasteiger partial charge in [-0.05, 0) is 35.9 Å². The molecule has 0 unspecified atom stereocenters. The highest BCUT2D eigenvalue weighted by atomic mass is 32.2. The molecule has 2 amide bonds. The highest BCUT2D eigenvalue weighted by molar-refractivity contribution is 7.89. The van der Waals surface area contributed by atoms with Crippen molar-refractivity contribution in [3.63, 3.8) is 0 Å². The van der Waals surface area contributed by atoms with Crippen LogP contribution < -0.4 is 11.1 Å². The number of carbonyl (C=O) groups is 2. The molecule has 0 aromatic heterocycles. The molecule has 2 aromatic rings. The predicted molar refractivity (Wildman–Crippen MR) is 94.6 cm³/mol. The largest absolute Gasteiger partial charge is 0.369 e. The Hall–Kier alpha value is -2.71. The van der Waals surface area contributed by atoms with Crippen LogP contribution >= 0.6 is 0 Å². The van der Waals surface area contributed by atoms with E-state index in [-0.39, 0.29) is 11.3 Å². The Bertz CT molecular complexity index is 890. The second kappa shape index (κ2) is 7.45. The van der Waals surface area contributed by atoms with Gasteiger partial charge in [0.1, 0.15) is 0 Å². The zero-order valence-corrected chi connectivity index (χ0v) is 14.7. The first-order valence-corrected chi connectivity index (χ1v) is 8.86. The first-order chi connectivity index (χ1) is 11.7. The summed E-state index contributed by atoms with van der Waals surface area (Å²) in [6.45, 7) is 0. The number of hydrogen-bond acceptors (Lipinski definition) is 4. The number of nitrogens with zero attached hydrogens (tertiary/aromatic N) is 1. The van der Waals surface area contributed by atoms with Gasteiger partial charge in [-0.1, -0.05) is 18.2 Å². The quantitative estimate of drug-likeness (QED) is 0.806. The number of carbonyl (C=O) groups excluding carboxylic acids is 2. The molecule has 0 bridgehead atoms. The average molecular weight is 361 g/mol. The van der Waals surface area contributed by atoms with Crippen molar-refractivity contribution in [2.75, 3.05) is 19.4 Å². The predicted octanol–water partition coefficient (Wildman–Crippen LogP) is 1.22. The van der Waals surface area contributed by atoms with E-state index < -0.39 is 21.8 Å². The zero-order valence-electron chi connectivity index (χ0n) is 13.9. The van der Waals surface area contributed by atoms with Gasteiger partial charge < -0.3 is 11.1 Å². The SMILES string of the molecule is CN(C)S(=O)(=O)c1ccc(C(=O)Nc2ccccc2CC(N)=O)cc1. The lowest BCUT2D eigenvalue weighted by Crippen LogP contribution is -2.22. The highest BCUT2D eigenvalue weighted by Crippen LogP contribution is 2.18. The Morgan fingerprint density at radius 1 is 1.04 bits per heavy atom. The monoisotopic (exact) mass is 361 g/mol. The molecule has 0 aliphatic rings. The number of nitrogens with two attached hydrogens (primary N) is 1. The third kappa shape index (κ3) is 4.43. The first-order valence-electron chi connectivity index (χ1n) is 7.42. The minimum Gasteiger partial charge on any atom is -0.369 e. The number of hydrogen-bond donors (Lipinski definition) is 2. The minimum atomic E-state index is -3.55. The molecule has 7 nitrogen and oxygen atoms in total. The van der Waals surface area contributed by atoms with E-state index in [1.807, 2.05) is 0 Å². The number of anilines is 1. The Morgan fingerprint density at radius 2 is 1.64 bits per heavy atom. The molecule has 8 heteroatoms. The summed E-state index contributed by atoms with van der Waals surface area (Å²) in [4.78, 5) is 23.6. The van der Waals surface area contributed by atoms with Crippen molar-refractivity contribution in [1.82, 2.24) is 4.31 Å². The van der Waals surface area contributed by atoms with Gasteiger partial charge in [0.2, 0.25) is 15.9 Å². The van der Waals surface area contributed by atoms with E-state index in [1.165, 1.54) is 38.4 Å². The maximum atomic E-state index is 12.4. The molecule has 0 aliphatic heterocycles. The molecule has 0 fully saturated rings. The summed E-state index contributed by atoms with van der Waals surface area (Å²) in [5.74, 6) is -0.911. The molecule has 2 aromatic carbocycles. The summed E-state index contributed by atoms with van der Waals surface area (Å²) in [6, 6.07) is 12.5. The van der Waals surface area contributed by atoms with E-state index in [2.05, 4.69) is 5.32 Å². The Labute approximate surface area is 146 Å². The third-order valence-electron chi connectivity index (χ3n) is 3.53. The number of benzene rings is 2. The average Bonchev–Trinajstić information content (AvgIpc) is 2.56. The Morgan fingerprint density at radius 3 is 2.20 bits per heavy atom. The topological polar surface area (TPSA) is 110 Å². The molecule has 0 heterocycles. The van der Waals surface area contributed by atoms with Gasteiger partial charge in [-0.2, -0.15) is 0 Å². The molecule has 0 spiro atoms. The number of sulfonamides is 1. The molecule has 2 rings (SSSR count). The number of amides is 2. The molecular weight excluding hydrogens is 342 g/mol. The first kappa shape index (κ1) is 18.6. The van der Waals surface area contributed by atoms with Crippen LogP contribution in [0.4, 0.5) is 5.69 Å². The van der Waals surface area contributed by atoms with Crippen LogP contribution in [-0.4, -0.2) is 38.6 Å². The Kier molecular flexibility index (Phi) is 5.55. The minimum absolute atomic E-state index is 0.0104. The van der Waals surface area contributed by atoms with Crippen LogP contribution in [0.3, 0.4) is 0 Å². The second-order valence-electron chi connectivity index (χ2n) is 5.57. The van der Waals surface area contributed by atoms with Crippen molar-refractivity contribution >= 4 is 27.5 Å². The molecule has 0 atom stereocenters. The molecule has 3 N–H and O–H groups in total. The van der Waals surface area contributed by atoms with Crippen LogP contribution in [-0.2, 0) is 21.2 Å². The maximum absolute atomic E-state index is 12.4. The highest BCUT2D eigenvalue weighted by Gasteiger charge is 2.18. The number of para-hydroxylation sites is 1. The van der Waals surface area contributed by atoms with Crippen LogP contribution in [0.1, 0.15) is 15.9 Å². The lowest BCUT2D eigenvalue weighted by Gasteiger charge is -2.12. The van der Waals surface area contributed by atoms with E-state index in [9.17, 15) is 18.0 Å². The van der Waals surface area contributed by atoms with Crippen LogP contribution in [0, 0.1) is 0 Å². The van der Waals surface area contributed by atoms with Crippen molar-refractivity contribution in [2.24, 2.45) is 5.73 Å². The van der Waals surface area contributed by atoms with Crippen molar-refractivity contribution in [2.45, 2.75) is 11.3 Å². The summed E-state index contributed by atoms with van der Waals surface area (Å²) in [6.07, 6.45) is 0.0104. The molecule has 0 saturated heterocycles. The van der Waals surface area contributed by atoms with E-state index in [1.54, 1.807) is 24.3 Å². The maximum Gasteiger partial charge on any atom is 0.255 e. The van der Waals surface area contributed by atoms with Gasteiger partial charge in [0.05, 0.1) is 11.3 Å². The van der Waals surface area contributed by atoms with E-state index in [0.29, 0.717) is 16.8 Å². The van der Waals surface area contributed by atoms with Crippen molar-refractivity contribution in [3.8, 4) is 0 Å². The lowest BCUT2D eigenvalue weighted by molar-refractivity contribution is -0.117. The van der Waals surface area contributed by atoms with E-state index in [4.69, 9.17) is 5.73 Å². The molecular formula is C17H19N3O4S. The van der Waals surface area contributed by atoms with Gasteiger partial charge >= 0.3 is 0 Å². The Balaban J connectivity index is 2.21. The lowest BCUT2D eigenvalue weighted by atomic mass is 10.1. The smallest absolute Gasteiger partial charge is 0.255 e.